The Morgan fingerprint density at radius 2 is 1.58 bits per heavy atom. The van der Waals surface area contributed by atoms with Crippen LogP contribution in [0, 0.1) is 13.8 Å². The first-order valence-electron chi connectivity index (χ1n) is 7.95. The molecule has 2 rings (SSSR count). The third-order valence-corrected chi connectivity index (χ3v) is 4.33. The number of rotatable bonds is 5. The lowest BCUT2D eigenvalue weighted by molar-refractivity contribution is -0.120. The van der Waals surface area contributed by atoms with Gasteiger partial charge in [-0.3, -0.25) is 20.4 Å². The summed E-state index contributed by atoms with van der Waals surface area (Å²) in [5, 5.41) is 0. The average Bonchev–Trinajstić information content (AvgIpc) is 2.96. The number of aromatic nitrogens is 1. The third kappa shape index (κ3) is 4.01. The molecular formula is C18H22BrN3O4. The van der Waals surface area contributed by atoms with Crippen molar-refractivity contribution >= 4 is 27.7 Å². The predicted octanol–water partition coefficient (Wildman–Crippen LogP) is 2.66. The molecule has 0 saturated heterocycles. The van der Waals surface area contributed by atoms with Crippen molar-refractivity contribution in [3.63, 3.8) is 0 Å². The van der Waals surface area contributed by atoms with Gasteiger partial charge in [0.05, 0.1) is 30.3 Å². The molecular weight excluding hydrogens is 402 g/mol. The van der Waals surface area contributed by atoms with Gasteiger partial charge < -0.3 is 14.0 Å². The number of methoxy groups -OCH3 is 2. The lowest BCUT2D eigenvalue weighted by atomic mass is 10.1. The maximum Gasteiger partial charge on any atom is 0.271 e. The van der Waals surface area contributed by atoms with Gasteiger partial charge in [0, 0.05) is 17.5 Å². The number of nitrogens with zero attached hydrogens (tertiary/aromatic N) is 1. The first kappa shape index (κ1) is 19.8. The number of carbonyl (C=O) groups is 2. The van der Waals surface area contributed by atoms with Gasteiger partial charge in [0.15, 0.2) is 11.5 Å². The van der Waals surface area contributed by atoms with Crippen LogP contribution in [0.25, 0.3) is 5.69 Å². The summed E-state index contributed by atoms with van der Waals surface area (Å²) in [4.78, 5) is 24.0. The number of nitrogens with one attached hydrogen (secondary N) is 2. The van der Waals surface area contributed by atoms with Crippen LogP contribution in [0.4, 0.5) is 0 Å². The highest BCUT2D eigenvalue weighted by Gasteiger charge is 2.20. The molecule has 8 heteroatoms. The summed E-state index contributed by atoms with van der Waals surface area (Å²) in [6, 6.07) is 7.25. The highest BCUT2D eigenvalue weighted by Crippen LogP contribution is 2.33. The van der Waals surface area contributed by atoms with Crippen molar-refractivity contribution in [2.45, 2.75) is 25.6 Å². The van der Waals surface area contributed by atoms with Gasteiger partial charge in [-0.15, -0.1) is 0 Å². The molecule has 0 radical (unpaired) electrons. The van der Waals surface area contributed by atoms with E-state index in [-0.39, 0.29) is 5.91 Å². The minimum atomic E-state index is -0.463. The molecule has 140 valence electrons. The monoisotopic (exact) mass is 423 g/mol. The fraction of sp³-hybridized carbons (Fsp3) is 0.333. The number of hydrogen-bond donors (Lipinski definition) is 2. The maximum atomic E-state index is 12.7. The first-order valence-corrected chi connectivity index (χ1v) is 8.87. The van der Waals surface area contributed by atoms with Crippen molar-refractivity contribution in [1.82, 2.24) is 15.4 Å². The van der Waals surface area contributed by atoms with Crippen LogP contribution >= 0.6 is 15.9 Å². The zero-order valence-corrected chi connectivity index (χ0v) is 16.9. The Labute approximate surface area is 160 Å². The van der Waals surface area contributed by atoms with E-state index in [0.717, 1.165) is 11.4 Å². The van der Waals surface area contributed by atoms with Gasteiger partial charge in [0.1, 0.15) is 0 Å². The molecule has 0 fully saturated rings. The van der Waals surface area contributed by atoms with Crippen molar-refractivity contribution in [1.29, 1.82) is 0 Å². The zero-order chi connectivity index (χ0) is 19.4. The average molecular weight is 424 g/mol. The minimum Gasteiger partial charge on any atom is -0.493 e. The Morgan fingerprint density at radius 1 is 1.04 bits per heavy atom. The number of aryl methyl sites for hydroxylation is 2. The summed E-state index contributed by atoms with van der Waals surface area (Å²) in [6.07, 6.45) is 0. The lowest BCUT2D eigenvalue weighted by Gasteiger charge is -2.18. The largest absolute Gasteiger partial charge is 0.493 e. The Kier molecular flexibility index (Phi) is 6.31. The van der Waals surface area contributed by atoms with E-state index in [1.165, 1.54) is 14.2 Å². The van der Waals surface area contributed by atoms with Gasteiger partial charge in [-0.25, -0.2) is 0 Å². The van der Waals surface area contributed by atoms with Gasteiger partial charge in [0.2, 0.25) is 0 Å². The predicted molar refractivity (Wildman–Crippen MR) is 102 cm³/mol. The fourth-order valence-electron chi connectivity index (χ4n) is 2.57. The number of halogens is 1. The summed E-state index contributed by atoms with van der Waals surface area (Å²) in [7, 11) is 3.04. The normalized spacial score (nSPS) is 11.6. The molecule has 0 bridgehead atoms. The molecule has 0 aliphatic carbocycles. The second kappa shape index (κ2) is 8.27. The number of carbonyl (C=O) groups excluding carboxylic acids is 2. The molecule has 1 atom stereocenters. The van der Waals surface area contributed by atoms with Gasteiger partial charge >= 0.3 is 0 Å². The van der Waals surface area contributed by atoms with Crippen LogP contribution < -0.4 is 20.3 Å². The molecule has 1 heterocycles. The molecule has 1 aromatic heterocycles. The van der Waals surface area contributed by atoms with E-state index < -0.39 is 10.7 Å². The molecule has 2 N–H and O–H groups in total. The summed E-state index contributed by atoms with van der Waals surface area (Å²) < 4.78 is 12.6. The third-order valence-electron chi connectivity index (χ3n) is 3.92. The molecule has 0 saturated carbocycles. The fourth-order valence-corrected chi connectivity index (χ4v) is 2.68. The van der Waals surface area contributed by atoms with E-state index in [1.807, 2.05) is 30.5 Å². The molecule has 0 aliphatic heterocycles. The maximum absolute atomic E-state index is 12.7. The Hall–Kier alpha value is -2.48. The summed E-state index contributed by atoms with van der Waals surface area (Å²) in [5.74, 6) is 0.109. The zero-order valence-electron chi connectivity index (χ0n) is 15.3. The number of ether oxygens (including phenoxy) is 2. The molecule has 2 amide bonds. The molecule has 7 nitrogen and oxygen atoms in total. The summed E-state index contributed by atoms with van der Waals surface area (Å²) >= 11 is 3.15. The van der Waals surface area contributed by atoms with Crippen molar-refractivity contribution in [3.8, 4) is 17.2 Å². The van der Waals surface area contributed by atoms with E-state index in [1.54, 1.807) is 19.1 Å². The van der Waals surface area contributed by atoms with Crippen LogP contribution in [0.2, 0.25) is 0 Å². The number of hydrogen-bond acceptors (Lipinski definition) is 4. The van der Waals surface area contributed by atoms with Crippen LogP contribution in [0.1, 0.15) is 28.7 Å². The minimum absolute atomic E-state index is 0.340. The van der Waals surface area contributed by atoms with Crippen LogP contribution in [-0.2, 0) is 4.79 Å². The van der Waals surface area contributed by atoms with E-state index in [0.29, 0.717) is 22.7 Å². The second-order valence-corrected chi connectivity index (χ2v) is 7.11. The lowest BCUT2D eigenvalue weighted by Crippen LogP contribution is -2.44. The van der Waals surface area contributed by atoms with E-state index >= 15 is 0 Å². The highest BCUT2D eigenvalue weighted by atomic mass is 79.9. The van der Waals surface area contributed by atoms with Crippen molar-refractivity contribution < 1.29 is 19.1 Å². The van der Waals surface area contributed by atoms with Crippen molar-refractivity contribution in [2.24, 2.45) is 0 Å². The van der Waals surface area contributed by atoms with Crippen LogP contribution in [-0.4, -0.2) is 35.4 Å². The van der Waals surface area contributed by atoms with E-state index in [4.69, 9.17) is 9.47 Å². The molecule has 0 aliphatic rings. The van der Waals surface area contributed by atoms with Crippen LogP contribution in [0.5, 0.6) is 11.5 Å². The van der Waals surface area contributed by atoms with E-state index in [9.17, 15) is 9.59 Å². The number of alkyl halides is 1. The van der Waals surface area contributed by atoms with Gasteiger partial charge in [-0.05, 0) is 39.0 Å². The van der Waals surface area contributed by atoms with Gasteiger partial charge in [-0.2, -0.15) is 0 Å². The smallest absolute Gasteiger partial charge is 0.271 e. The molecule has 26 heavy (non-hydrogen) atoms. The molecule has 1 aromatic carbocycles. The standard InChI is InChI=1S/C18H22BrN3O4/c1-10-6-7-11(2)22(10)14-9-16(26-5)15(25-4)8-13(14)18(24)21-20-17(23)12(3)19/h6-9,12H,1-5H3,(H,20,23)(H,21,24). The van der Waals surface area contributed by atoms with Gasteiger partial charge in [-0.1, -0.05) is 15.9 Å². The van der Waals surface area contributed by atoms with Crippen LogP contribution in [0.15, 0.2) is 24.3 Å². The first-order chi connectivity index (χ1) is 12.3. The van der Waals surface area contributed by atoms with Crippen molar-refractivity contribution in [3.05, 3.63) is 41.2 Å². The number of amides is 2. The number of benzene rings is 1. The topological polar surface area (TPSA) is 81.6 Å². The summed E-state index contributed by atoms with van der Waals surface area (Å²) in [6.45, 7) is 5.55. The Bertz CT molecular complexity index is 811. The van der Waals surface area contributed by atoms with E-state index in [2.05, 4.69) is 26.8 Å². The molecule has 0 spiro atoms. The molecule has 2 aromatic rings. The molecule has 1 unspecified atom stereocenters. The number of hydrazine groups is 1. The highest BCUT2D eigenvalue weighted by molar-refractivity contribution is 9.10. The second-order valence-electron chi connectivity index (χ2n) is 5.74. The van der Waals surface area contributed by atoms with Crippen molar-refractivity contribution in [2.75, 3.05) is 14.2 Å². The summed E-state index contributed by atoms with van der Waals surface area (Å²) in [5.41, 5.74) is 7.70. The Balaban J connectivity index is 2.52. The van der Waals surface area contributed by atoms with Crippen LogP contribution in [0.3, 0.4) is 0 Å². The Morgan fingerprint density at radius 3 is 2.08 bits per heavy atom. The quantitative estimate of drug-likeness (QED) is 0.571. The SMILES string of the molecule is COc1cc(C(=O)NNC(=O)C(C)Br)c(-n2c(C)ccc2C)cc1OC. The van der Waals surface area contributed by atoms with Gasteiger partial charge in [0.25, 0.3) is 11.8 Å².